The summed E-state index contributed by atoms with van der Waals surface area (Å²) in [6, 6.07) is 14.4. The average molecular weight is 442 g/mol. The van der Waals surface area contributed by atoms with E-state index < -0.39 is 0 Å². The van der Waals surface area contributed by atoms with E-state index >= 15 is 0 Å². The van der Waals surface area contributed by atoms with Crippen LogP contribution in [0.15, 0.2) is 60.9 Å². The third-order valence-corrected chi connectivity index (χ3v) is 5.27. The van der Waals surface area contributed by atoms with Crippen molar-refractivity contribution in [3.63, 3.8) is 0 Å². The van der Waals surface area contributed by atoms with Crippen LogP contribution >= 0.6 is 0 Å². The molecule has 1 aliphatic carbocycles. The summed E-state index contributed by atoms with van der Waals surface area (Å²) >= 11 is 0. The van der Waals surface area contributed by atoms with Crippen LogP contribution in [0, 0.1) is 12.8 Å². The van der Waals surface area contributed by atoms with Crippen molar-refractivity contribution in [3.05, 3.63) is 72.2 Å². The molecule has 4 aromatic rings. The predicted octanol–water partition coefficient (Wildman–Crippen LogP) is 3.75. The molecule has 0 aliphatic heterocycles. The number of rotatable bonds is 7. The molecule has 0 radical (unpaired) electrons. The Labute approximate surface area is 189 Å². The summed E-state index contributed by atoms with van der Waals surface area (Å²) in [4.78, 5) is 32.9. The number of benzene rings is 1. The van der Waals surface area contributed by atoms with E-state index in [1.807, 2.05) is 37.3 Å². The number of hydrogen-bond donors (Lipinski definition) is 2. The van der Waals surface area contributed by atoms with Crippen LogP contribution in [0.3, 0.4) is 0 Å². The molecule has 9 heteroatoms. The fourth-order valence-electron chi connectivity index (χ4n) is 3.33. The Bertz CT molecular complexity index is 1330. The number of ether oxygens (including phenoxy) is 1. The molecular formula is C24H22N6O3. The molecule has 9 nitrogen and oxygen atoms in total. The summed E-state index contributed by atoms with van der Waals surface area (Å²) in [6.07, 6.45) is 5.36. The highest BCUT2D eigenvalue weighted by molar-refractivity contribution is 5.93. The largest absolute Gasteiger partial charge is 0.438 e. The zero-order chi connectivity index (χ0) is 22.8. The Morgan fingerprint density at radius 3 is 2.79 bits per heavy atom. The van der Waals surface area contributed by atoms with E-state index in [4.69, 9.17) is 4.74 Å². The quantitative estimate of drug-likeness (QED) is 0.451. The Balaban J connectivity index is 1.28. The van der Waals surface area contributed by atoms with E-state index in [9.17, 15) is 9.59 Å². The topological polar surface area (TPSA) is 111 Å². The minimum absolute atomic E-state index is 0.00726. The van der Waals surface area contributed by atoms with Crippen molar-refractivity contribution in [3.8, 4) is 11.6 Å². The molecule has 0 unspecified atom stereocenters. The van der Waals surface area contributed by atoms with Crippen LogP contribution in [-0.4, -0.2) is 31.4 Å². The number of carbonyl (C=O) groups is 2. The normalized spacial score (nSPS) is 13.0. The van der Waals surface area contributed by atoms with E-state index in [0.717, 1.165) is 18.4 Å². The number of aryl methyl sites for hydroxylation is 1. The molecule has 2 amide bonds. The lowest BCUT2D eigenvalue weighted by molar-refractivity contribution is -0.117. The van der Waals surface area contributed by atoms with Crippen molar-refractivity contribution in [1.29, 1.82) is 0 Å². The second kappa shape index (κ2) is 8.70. The van der Waals surface area contributed by atoms with Crippen molar-refractivity contribution in [1.82, 2.24) is 19.6 Å². The minimum atomic E-state index is -0.160. The highest BCUT2D eigenvalue weighted by Crippen LogP contribution is 2.30. The zero-order valence-electron chi connectivity index (χ0n) is 18.0. The number of carbonyl (C=O) groups excluding carboxylic acids is 2. The second-order valence-corrected chi connectivity index (χ2v) is 7.99. The summed E-state index contributed by atoms with van der Waals surface area (Å²) in [5.41, 5.74) is 2.86. The van der Waals surface area contributed by atoms with Gasteiger partial charge in [0.2, 0.25) is 17.7 Å². The van der Waals surface area contributed by atoms with Gasteiger partial charge in [0.15, 0.2) is 11.5 Å². The minimum Gasteiger partial charge on any atom is -0.438 e. The molecule has 3 heterocycles. The summed E-state index contributed by atoms with van der Waals surface area (Å²) in [5, 5.41) is 10.1. The number of pyridine rings is 1. The van der Waals surface area contributed by atoms with Gasteiger partial charge in [0.25, 0.3) is 0 Å². The van der Waals surface area contributed by atoms with E-state index in [2.05, 4.69) is 25.7 Å². The number of hydrogen-bond acceptors (Lipinski definition) is 6. The number of imidazole rings is 1. The predicted molar refractivity (Wildman–Crippen MR) is 122 cm³/mol. The second-order valence-electron chi connectivity index (χ2n) is 7.99. The van der Waals surface area contributed by atoms with Crippen molar-refractivity contribution < 1.29 is 14.3 Å². The molecular weight excluding hydrogens is 420 g/mol. The SMILES string of the molecule is Cc1ccc(Oc2ccc3nc(NC(=O)C4CC4)cn3n2)cc1NC(=O)Cc1ccccn1. The summed E-state index contributed by atoms with van der Waals surface area (Å²) in [7, 11) is 0. The van der Waals surface area contributed by atoms with Gasteiger partial charge in [-0.1, -0.05) is 12.1 Å². The molecule has 0 saturated heterocycles. The van der Waals surface area contributed by atoms with Crippen molar-refractivity contribution in [2.75, 3.05) is 10.6 Å². The van der Waals surface area contributed by atoms with Crippen molar-refractivity contribution in [2.24, 2.45) is 5.92 Å². The molecule has 1 aromatic carbocycles. The van der Waals surface area contributed by atoms with Crippen molar-refractivity contribution in [2.45, 2.75) is 26.2 Å². The summed E-state index contributed by atoms with van der Waals surface area (Å²) < 4.78 is 7.47. The molecule has 1 fully saturated rings. The molecule has 0 atom stereocenters. The van der Waals surface area contributed by atoms with Crippen LogP contribution in [0.1, 0.15) is 24.1 Å². The monoisotopic (exact) mass is 442 g/mol. The van der Waals surface area contributed by atoms with E-state index in [0.29, 0.717) is 34.5 Å². The molecule has 2 N–H and O–H groups in total. The Hall–Kier alpha value is -4.27. The lowest BCUT2D eigenvalue weighted by Crippen LogP contribution is -2.15. The van der Waals surface area contributed by atoms with Gasteiger partial charge >= 0.3 is 0 Å². The first-order chi connectivity index (χ1) is 16.0. The van der Waals surface area contributed by atoms with Crippen LogP contribution in [0.2, 0.25) is 0 Å². The van der Waals surface area contributed by atoms with Crippen LogP contribution < -0.4 is 15.4 Å². The fraction of sp³-hybridized carbons (Fsp3) is 0.208. The third-order valence-electron chi connectivity index (χ3n) is 5.27. The van der Waals surface area contributed by atoms with Gasteiger partial charge in [0.1, 0.15) is 5.75 Å². The first-order valence-electron chi connectivity index (χ1n) is 10.7. The van der Waals surface area contributed by atoms with Gasteiger partial charge in [-0.3, -0.25) is 14.6 Å². The Morgan fingerprint density at radius 1 is 1.12 bits per heavy atom. The van der Waals surface area contributed by atoms with Crippen LogP contribution in [0.25, 0.3) is 5.65 Å². The van der Waals surface area contributed by atoms with Gasteiger partial charge in [-0.2, -0.15) is 0 Å². The Morgan fingerprint density at radius 2 is 2.00 bits per heavy atom. The van der Waals surface area contributed by atoms with Gasteiger partial charge in [0.05, 0.1) is 12.6 Å². The molecule has 33 heavy (non-hydrogen) atoms. The van der Waals surface area contributed by atoms with E-state index in [1.165, 1.54) is 0 Å². The summed E-state index contributed by atoms with van der Waals surface area (Å²) in [5.74, 6) is 1.28. The lowest BCUT2D eigenvalue weighted by atomic mass is 10.2. The van der Waals surface area contributed by atoms with E-state index in [1.54, 1.807) is 35.1 Å². The van der Waals surface area contributed by atoms with Crippen LogP contribution in [-0.2, 0) is 16.0 Å². The van der Waals surface area contributed by atoms with Gasteiger partial charge in [-0.05, 0) is 49.6 Å². The average Bonchev–Trinajstić information content (AvgIpc) is 3.57. The number of fused-ring (bicyclic) bond motifs is 1. The smallest absolute Gasteiger partial charge is 0.237 e. The molecule has 166 valence electrons. The van der Waals surface area contributed by atoms with E-state index in [-0.39, 0.29) is 24.2 Å². The first kappa shape index (κ1) is 20.6. The first-order valence-corrected chi connectivity index (χ1v) is 10.7. The van der Waals surface area contributed by atoms with Gasteiger partial charge < -0.3 is 15.4 Å². The number of nitrogens with one attached hydrogen (secondary N) is 2. The maximum Gasteiger partial charge on any atom is 0.237 e. The maximum absolute atomic E-state index is 12.4. The molecule has 0 spiro atoms. The number of aromatic nitrogens is 4. The Kier molecular flexibility index (Phi) is 5.43. The third kappa shape index (κ3) is 4.98. The van der Waals surface area contributed by atoms with Crippen molar-refractivity contribution >= 4 is 29.0 Å². The van der Waals surface area contributed by atoms with Crippen LogP contribution in [0.5, 0.6) is 11.6 Å². The van der Waals surface area contributed by atoms with Gasteiger partial charge in [-0.15, -0.1) is 5.10 Å². The standard InChI is InChI=1S/C24H22N6O3/c1-15-5-8-18(13-19(15)26-22(31)12-17-4-2-3-11-25-17)33-23-10-9-21-27-20(14-30(21)29-23)28-24(32)16-6-7-16/h2-5,8-11,13-14,16H,6-7,12H2,1H3,(H,26,31)(H,28,32). The maximum atomic E-state index is 12.4. The molecule has 0 bridgehead atoms. The number of anilines is 2. The lowest BCUT2D eigenvalue weighted by Gasteiger charge is -2.11. The number of nitrogens with zero attached hydrogens (tertiary/aromatic N) is 4. The molecule has 5 rings (SSSR count). The molecule has 1 saturated carbocycles. The summed E-state index contributed by atoms with van der Waals surface area (Å²) in [6.45, 7) is 1.91. The fourth-order valence-corrected chi connectivity index (χ4v) is 3.33. The highest BCUT2D eigenvalue weighted by Gasteiger charge is 2.30. The van der Waals surface area contributed by atoms with Crippen LogP contribution in [0.4, 0.5) is 11.5 Å². The van der Waals surface area contributed by atoms with Gasteiger partial charge in [0, 0.05) is 35.6 Å². The zero-order valence-corrected chi connectivity index (χ0v) is 18.0. The highest BCUT2D eigenvalue weighted by atomic mass is 16.5. The molecule has 1 aliphatic rings. The molecule has 3 aromatic heterocycles. The number of amides is 2. The van der Waals surface area contributed by atoms with Gasteiger partial charge in [-0.25, -0.2) is 9.50 Å².